The van der Waals surface area contributed by atoms with E-state index in [1.54, 1.807) is 6.26 Å². The first-order chi connectivity index (χ1) is 8.21. The zero-order valence-electron chi connectivity index (χ0n) is 10.9. The van der Waals surface area contributed by atoms with Crippen LogP contribution in [-0.4, -0.2) is 19.2 Å². The zero-order chi connectivity index (χ0) is 12.1. The van der Waals surface area contributed by atoms with Crippen LogP contribution in [0.2, 0.25) is 0 Å². The summed E-state index contributed by atoms with van der Waals surface area (Å²) in [6.45, 7) is 7.06. The highest BCUT2D eigenvalue weighted by Gasteiger charge is 2.41. The fraction of sp³-hybridized carbons (Fsp3) is 0.714. The van der Waals surface area contributed by atoms with Crippen LogP contribution in [0.15, 0.2) is 22.8 Å². The zero-order valence-corrected chi connectivity index (χ0v) is 10.9. The van der Waals surface area contributed by atoms with Gasteiger partial charge in [0.05, 0.1) is 6.26 Å². The highest BCUT2D eigenvalue weighted by Crippen LogP contribution is 2.47. The van der Waals surface area contributed by atoms with E-state index in [0.717, 1.165) is 25.3 Å². The molecular weight excluding hydrogens is 214 g/mol. The summed E-state index contributed by atoms with van der Waals surface area (Å²) in [6.07, 6.45) is 5.48. The monoisotopic (exact) mass is 237 g/mol. The molecule has 3 heteroatoms. The largest absolute Gasteiger partial charge is 0.467 e. The van der Waals surface area contributed by atoms with Crippen LogP contribution in [0.1, 0.15) is 38.9 Å². The number of ether oxygens (including phenoxy) is 1. The van der Waals surface area contributed by atoms with Crippen molar-refractivity contribution < 1.29 is 9.15 Å². The molecule has 1 unspecified atom stereocenters. The van der Waals surface area contributed by atoms with Crippen molar-refractivity contribution in [2.45, 2.75) is 45.8 Å². The van der Waals surface area contributed by atoms with Crippen molar-refractivity contribution in [2.24, 2.45) is 5.41 Å². The molecule has 0 aliphatic heterocycles. The standard InChI is InChI=1S/C14H23NO2/c1-12(14(2)6-7-14)15-8-4-9-16-11-13-5-3-10-17-13/h3,5,10,12,15H,4,6-9,11H2,1-2H3. The molecule has 2 rings (SSSR count). The normalized spacial score (nSPS) is 19.2. The number of furan rings is 1. The Morgan fingerprint density at radius 2 is 2.35 bits per heavy atom. The molecule has 0 spiro atoms. The Bertz CT molecular complexity index is 317. The van der Waals surface area contributed by atoms with Crippen LogP contribution in [0.3, 0.4) is 0 Å². The average Bonchev–Trinajstić information content (AvgIpc) is 2.88. The molecule has 1 atom stereocenters. The highest BCUT2D eigenvalue weighted by atomic mass is 16.5. The molecule has 1 aliphatic carbocycles. The Morgan fingerprint density at radius 1 is 1.53 bits per heavy atom. The first-order valence-electron chi connectivity index (χ1n) is 6.54. The second kappa shape index (κ2) is 5.69. The van der Waals surface area contributed by atoms with Gasteiger partial charge in [-0.2, -0.15) is 0 Å². The van der Waals surface area contributed by atoms with E-state index in [9.17, 15) is 0 Å². The molecule has 0 bridgehead atoms. The molecule has 0 aromatic carbocycles. The molecule has 1 aromatic rings. The molecule has 0 radical (unpaired) electrons. The molecule has 96 valence electrons. The molecule has 3 nitrogen and oxygen atoms in total. The summed E-state index contributed by atoms with van der Waals surface area (Å²) in [5, 5.41) is 3.58. The second-order valence-electron chi connectivity index (χ2n) is 5.32. The summed E-state index contributed by atoms with van der Waals surface area (Å²) in [7, 11) is 0. The molecule has 0 amide bonds. The van der Waals surface area contributed by atoms with Crippen molar-refractivity contribution in [1.82, 2.24) is 5.32 Å². The van der Waals surface area contributed by atoms with Crippen molar-refractivity contribution in [3.05, 3.63) is 24.2 Å². The van der Waals surface area contributed by atoms with Gasteiger partial charge in [-0.15, -0.1) is 0 Å². The quantitative estimate of drug-likeness (QED) is 0.706. The summed E-state index contributed by atoms with van der Waals surface area (Å²) in [6, 6.07) is 4.46. The van der Waals surface area contributed by atoms with Gasteiger partial charge in [-0.3, -0.25) is 0 Å². The van der Waals surface area contributed by atoms with Gasteiger partial charge in [-0.05, 0) is 50.3 Å². The second-order valence-corrected chi connectivity index (χ2v) is 5.32. The van der Waals surface area contributed by atoms with Gasteiger partial charge in [0.2, 0.25) is 0 Å². The van der Waals surface area contributed by atoms with E-state index in [1.165, 1.54) is 12.8 Å². The molecule has 17 heavy (non-hydrogen) atoms. The predicted molar refractivity (Wildman–Crippen MR) is 67.8 cm³/mol. The number of hydrogen-bond donors (Lipinski definition) is 1. The van der Waals surface area contributed by atoms with Gasteiger partial charge in [0.25, 0.3) is 0 Å². The van der Waals surface area contributed by atoms with Gasteiger partial charge >= 0.3 is 0 Å². The summed E-state index contributed by atoms with van der Waals surface area (Å²) in [5.74, 6) is 0.900. The van der Waals surface area contributed by atoms with E-state index in [1.807, 2.05) is 12.1 Å². The lowest BCUT2D eigenvalue weighted by Gasteiger charge is -2.20. The third kappa shape index (κ3) is 3.86. The molecular formula is C14H23NO2. The SMILES string of the molecule is CC(NCCCOCc1ccco1)C1(C)CC1. The Balaban J connectivity index is 1.46. The van der Waals surface area contributed by atoms with E-state index >= 15 is 0 Å². The van der Waals surface area contributed by atoms with Crippen LogP contribution in [-0.2, 0) is 11.3 Å². The van der Waals surface area contributed by atoms with E-state index in [0.29, 0.717) is 18.1 Å². The van der Waals surface area contributed by atoms with Crippen LogP contribution in [0.5, 0.6) is 0 Å². The maximum Gasteiger partial charge on any atom is 0.129 e. The Labute approximate surface area is 104 Å². The van der Waals surface area contributed by atoms with Gasteiger partial charge in [-0.25, -0.2) is 0 Å². The summed E-state index contributed by atoms with van der Waals surface area (Å²) >= 11 is 0. The van der Waals surface area contributed by atoms with Crippen LogP contribution >= 0.6 is 0 Å². The Hall–Kier alpha value is -0.800. The van der Waals surface area contributed by atoms with E-state index in [4.69, 9.17) is 9.15 Å². The first kappa shape index (κ1) is 12.7. The number of rotatable bonds is 8. The third-order valence-corrected chi connectivity index (χ3v) is 3.82. The molecule has 1 heterocycles. The molecule has 1 saturated carbocycles. The lowest BCUT2D eigenvalue weighted by atomic mass is 10.0. The number of hydrogen-bond acceptors (Lipinski definition) is 3. The molecule has 1 fully saturated rings. The minimum atomic E-state index is 0.565. The van der Waals surface area contributed by atoms with E-state index in [2.05, 4.69) is 19.2 Å². The fourth-order valence-electron chi connectivity index (χ4n) is 1.94. The lowest BCUT2D eigenvalue weighted by Crippen LogP contribution is -2.34. The van der Waals surface area contributed by atoms with Crippen molar-refractivity contribution in [2.75, 3.05) is 13.2 Å². The van der Waals surface area contributed by atoms with Gasteiger partial charge < -0.3 is 14.5 Å². The van der Waals surface area contributed by atoms with Gasteiger partial charge in [0.15, 0.2) is 0 Å². The summed E-state index contributed by atoms with van der Waals surface area (Å²) in [4.78, 5) is 0. The lowest BCUT2D eigenvalue weighted by molar-refractivity contribution is 0.103. The maximum absolute atomic E-state index is 5.53. The van der Waals surface area contributed by atoms with Crippen molar-refractivity contribution in [1.29, 1.82) is 0 Å². The van der Waals surface area contributed by atoms with Crippen molar-refractivity contribution in [3.63, 3.8) is 0 Å². The Kier molecular flexibility index (Phi) is 4.24. The average molecular weight is 237 g/mol. The minimum absolute atomic E-state index is 0.565. The van der Waals surface area contributed by atoms with Gasteiger partial charge in [0.1, 0.15) is 12.4 Å². The molecule has 1 aromatic heterocycles. The third-order valence-electron chi connectivity index (χ3n) is 3.82. The van der Waals surface area contributed by atoms with Crippen molar-refractivity contribution in [3.8, 4) is 0 Å². The smallest absolute Gasteiger partial charge is 0.129 e. The first-order valence-corrected chi connectivity index (χ1v) is 6.54. The number of nitrogens with one attached hydrogen (secondary N) is 1. The Morgan fingerprint density at radius 3 is 3.00 bits per heavy atom. The minimum Gasteiger partial charge on any atom is -0.467 e. The van der Waals surface area contributed by atoms with Crippen LogP contribution in [0.25, 0.3) is 0 Å². The molecule has 0 saturated heterocycles. The van der Waals surface area contributed by atoms with Gasteiger partial charge in [-0.1, -0.05) is 6.92 Å². The van der Waals surface area contributed by atoms with E-state index < -0.39 is 0 Å². The van der Waals surface area contributed by atoms with E-state index in [-0.39, 0.29) is 0 Å². The maximum atomic E-state index is 5.53. The van der Waals surface area contributed by atoms with Crippen LogP contribution in [0.4, 0.5) is 0 Å². The van der Waals surface area contributed by atoms with Gasteiger partial charge in [0, 0.05) is 12.6 Å². The topological polar surface area (TPSA) is 34.4 Å². The van der Waals surface area contributed by atoms with Crippen molar-refractivity contribution >= 4 is 0 Å². The summed E-state index contributed by atoms with van der Waals surface area (Å²) in [5.41, 5.74) is 0.565. The van der Waals surface area contributed by atoms with Crippen LogP contribution < -0.4 is 5.32 Å². The molecule has 1 aliphatic rings. The highest BCUT2D eigenvalue weighted by molar-refractivity contribution is 4.97. The fourth-order valence-corrected chi connectivity index (χ4v) is 1.94. The predicted octanol–water partition coefficient (Wildman–Crippen LogP) is 2.96. The van der Waals surface area contributed by atoms with Crippen LogP contribution in [0, 0.1) is 5.41 Å². The molecule has 1 N–H and O–H groups in total. The summed E-state index contributed by atoms with van der Waals surface area (Å²) < 4.78 is 10.7.